The summed E-state index contributed by atoms with van der Waals surface area (Å²) in [6, 6.07) is 4.13. The fourth-order valence-electron chi connectivity index (χ4n) is 0.942. The number of hydrogen-bond donors (Lipinski definition) is 1. The molecule has 1 aromatic carbocycles. The predicted octanol–water partition coefficient (Wildman–Crippen LogP) is 1.77. The molecule has 0 aliphatic heterocycles. The Morgan fingerprint density at radius 1 is 1.53 bits per heavy atom. The Morgan fingerprint density at radius 3 is 2.73 bits per heavy atom. The van der Waals surface area contributed by atoms with E-state index >= 15 is 0 Å². The van der Waals surface area contributed by atoms with Crippen LogP contribution in [0.4, 0.5) is 10.1 Å². The van der Waals surface area contributed by atoms with Gasteiger partial charge in [-0.05, 0) is 12.1 Å². The third kappa shape index (κ3) is 2.97. The fraction of sp³-hybridized carbons (Fsp3) is 0.250. The zero-order valence-corrected chi connectivity index (χ0v) is 9.40. The minimum Gasteiger partial charge on any atom is -0.494 e. The van der Waals surface area contributed by atoms with Crippen molar-refractivity contribution >= 4 is 27.3 Å². The minimum absolute atomic E-state index is 0.0372. The van der Waals surface area contributed by atoms with Crippen LogP contribution in [0.2, 0.25) is 0 Å². The second kappa shape index (κ2) is 4.67. The highest BCUT2D eigenvalue weighted by Crippen LogP contribution is 2.24. The van der Waals surface area contributed by atoms with Gasteiger partial charge in [-0.15, -0.1) is 11.6 Å². The maximum absolute atomic E-state index is 13.4. The van der Waals surface area contributed by atoms with E-state index in [0.717, 1.165) is 0 Å². The van der Waals surface area contributed by atoms with Gasteiger partial charge < -0.3 is 4.74 Å². The molecule has 0 atom stereocenters. The Bertz CT molecular complexity index is 449. The molecule has 84 valence electrons. The van der Waals surface area contributed by atoms with Crippen LogP contribution >= 0.6 is 11.6 Å². The molecule has 15 heavy (non-hydrogen) atoms. The lowest BCUT2D eigenvalue weighted by atomic mass is 10.3. The maximum atomic E-state index is 13.4. The van der Waals surface area contributed by atoms with Crippen molar-refractivity contribution in [2.75, 3.05) is 17.0 Å². The molecule has 0 aromatic heterocycles. The molecule has 1 aromatic rings. The molecule has 0 saturated carbocycles. The molecular formula is C8H9ClFNO3S. The predicted molar refractivity (Wildman–Crippen MR) is 56.2 cm³/mol. The number of benzene rings is 1. The molecule has 1 rings (SSSR count). The SMILES string of the molecule is COc1cccc(NS(=O)(=O)CCl)c1F. The Kier molecular flexibility index (Phi) is 3.76. The summed E-state index contributed by atoms with van der Waals surface area (Å²) < 4.78 is 42.3. The van der Waals surface area contributed by atoms with Gasteiger partial charge in [0, 0.05) is 0 Å². The zero-order valence-electron chi connectivity index (χ0n) is 7.83. The highest BCUT2D eigenvalue weighted by molar-refractivity contribution is 7.93. The van der Waals surface area contributed by atoms with Crippen molar-refractivity contribution in [3.05, 3.63) is 24.0 Å². The fourth-order valence-corrected chi connectivity index (χ4v) is 1.65. The lowest BCUT2D eigenvalue weighted by Gasteiger charge is -2.08. The number of sulfonamides is 1. The summed E-state index contributed by atoms with van der Waals surface area (Å²) in [7, 11) is -2.41. The molecule has 0 unspecified atom stereocenters. The molecule has 0 bridgehead atoms. The van der Waals surface area contributed by atoms with Crippen molar-refractivity contribution in [1.82, 2.24) is 0 Å². The van der Waals surface area contributed by atoms with Crippen molar-refractivity contribution in [3.8, 4) is 5.75 Å². The Balaban J connectivity index is 3.06. The Labute approximate surface area is 92.1 Å². The van der Waals surface area contributed by atoms with Gasteiger partial charge >= 0.3 is 0 Å². The first-order valence-electron chi connectivity index (χ1n) is 3.89. The third-order valence-corrected chi connectivity index (χ3v) is 3.27. The summed E-state index contributed by atoms with van der Waals surface area (Å²) in [5.74, 6) is -0.807. The lowest BCUT2D eigenvalue weighted by molar-refractivity contribution is 0.387. The number of methoxy groups -OCH3 is 1. The van der Waals surface area contributed by atoms with E-state index in [0.29, 0.717) is 0 Å². The number of halogens is 2. The van der Waals surface area contributed by atoms with E-state index < -0.39 is 21.1 Å². The lowest BCUT2D eigenvalue weighted by Crippen LogP contribution is -2.14. The van der Waals surface area contributed by atoms with Gasteiger partial charge in [0.2, 0.25) is 10.0 Å². The van der Waals surface area contributed by atoms with Crippen molar-refractivity contribution < 1.29 is 17.5 Å². The van der Waals surface area contributed by atoms with E-state index in [9.17, 15) is 12.8 Å². The van der Waals surface area contributed by atoms with Gasteiger partial charge in [-0.1, -0.05) is 6.07 Å². The Hall–Kier alpha value is -1.01. The molecule has 0 saturated heterocycles. The Morgan fingerprint density at radius 2 is 2.20 bits per heavy atom. The number of alkyl halides is 1. The molecule has 0 amide bonds. The van der Waals surface area contributed by atoms with Crippen molar-refractivity contribution in [2.24, 2.45) is 0 Å². The summed E-state index contributed by atoms with van der Waals surface area (Å²) in [6.45, 7) is 0. The number of anilines is 1. The van der Waals surface area contributed by atoms with Crippen molar-refractivity contribution in [3.63, 3.8) is 0 Å². The second-order valence-electron chi connectivity index (χ2n) is 2.65. The molecule has 0 aliphatic rings. The summed E-state index contributed by atoms with van der Waals surface area (Å²) in [4.78, 5) is 0. The molecule has 0 radical (unpaired) electrons. The van der Waals surface area contributed by atoms with E-state index in [1.165, 1.54) is 25.3 Å². The third-order valence-electron chi connectivity index (χ3n) is 1.59. The molecular weight excluding hydrogens is 245 g/mol. The van der Waals surface area contributed by atoms with E-state index in [-0.39, 0.29) is 11.4 Å². The van der Waals surface area contributed by atoms with Crippen LogP contribution in [0.25, 0.3) is 0 Å². The van der Waals surface area contributed by atoms with Gasteiger partial charge in [0.25, 0.3) is 0 Å². The van der Waals surface area contributed by atoms with Crippen LogP contribution in [-0.2, 0) is 10.0 Å². The van der Waals surface area contributed by atoms with Gasteiger partial charge in [-0.3, -0.25) is 4.72 Å². The smallest absolute Gasteiger partial charge is 0.246 e. The highest BCUT2D eigenvalue weighted by atomic mass is 35.5. The first kappa shape index (κ1) is 12.1. The minimum atomic E-state index is -3.70. The number of ether oxygens (including phenoxy) is 1. The first-order valence-corrected chi connectivity index (χ1v) is 6.08. The number of hydrogen-bond acceptors (Lipinski definition) is 3. The normalized spacial score (nSPS) is 11.1. The van der Waals surface area contributed by atoms with E-state index in [4.69, 9.17) is 16.3 Å². The van der Waals surface area contributed by atoms with Gasteiger partial charge in [-0.2, -0.15) is 0 Å². The number of nitrogens with one attached hydrogen (secondary N) is 1. The van der Waals surface area contributed by atoms with Gasteiger partial charge in [0.1, 0.15) is 5.21 Å². The van der Waals surface area contributed by atoms with Crippen LogP contribution in [0.3, 0.4) is 0 Å². The van der Waals surface area contributed by atoms with E-state index in [1.54, 1.807) is 0 Å². The van der Waals surface area contributed by atoms with E-state index in [1.807, 2.05) is 4.72 Å². The molecule has 0 heterocycles. The van der Waals surface area contributed by atoms with Crippen LogP contribution in [-0.4, -0.2) is 20.7 Å². The molecule has 4 nitrogen and oxygen atoms in total. The van der Waals surface area contributed by atoms with Crippen LogP contribution < -0.4 is 9.46 Å². The first-order chi connectivity index (χ1) is 7.00. The highest BCUT2D eigenvalue weighted by Gasteiger charge is 2.14. The number of rotatable bonds is 4. The van der Waals surface area contributed by atoms with Crippen molar-refractivity contribution in [2.45, 2.75) is 0 Å². The topological polar surface area (TPSA) is 55.4 Å². The van der Waals surface area contributed by atoms with Crippen LogP contribution in [0.5, 0.6) is 5.75 Å². The quantitative estimate of drug-likeness (QED) is 0.832. The van der Waals surface area contributed by atoms with Crippen LogP contribution in [0, 0.1) is 5.82 Å². The van der Waals surface area contributed by atoms with E-state index in [2.05, 4.69) is 0 Å². The second-order valence-corrected chi connectivity index (χ2v) is 4.95. The average molecular weight is 254 g/mol. The average Bonchev–Trinajstić information content (AvgIpc) is 2.21. The molecule has 7 heteroatoms. The largest absolute Gasteiger partial charge is 0.494 e. The molecule has 0 aliphatic carbocycles. The molecule has 0 fully saturated rings. The molecule has 1 N–H and O–H groups in total. The van der Waals surface area contributed by atoms with Crippen molar-refractivity contribution in [1.29, 1.82) is 0 Å². The standard InChI is InChI=1S/C8H9ClFNO3S/c1-14-7-4-2-3-6(8(7)10)11-15(12,13)5-9/h2-4,11H,5H2,1H3. The summed E-state index contributed by atoms with van der Waals surface area (Å²) in [6.07, 6.45) is 0. The summed E-state index contributed by atoms with van der Waals surface area (Å²) in [5, 5.41) is -0.635. The van der Waals surface area contributed by atoms with Gasteiger partial charge in [-0.25, -0.2) is 12.8 Å². The monoisotopic (exact) mass is 253 g/mol. The van der Waals surface area contributed by atoms with Crippen LogP contribution in [0.15, 0.2) is 18.2 Å². The summed E-state index contributed by atoms with van der Waals surface area (Å²) in [5.41, 5.74) is -0.185. The van der Waals surface area contributed by atoms with Crippen LogP contribution in [0.1, 0.15) is 0 Å². The zero-order chi connectivity index (χ0) is 11.5. The van der Waals surface area contributed by atoms with Gasteiger partial charge in [0.15, 0.2) is 11.6 Å². The maximum Gasteiger partial charge on any atom is 0.246 e. The summed E-state index contributed by atoms with van der Waals surface area (Å²) >= 11 is 5.16. The molecule has 0 spiro atoms. The van der Waals surface area contributed by atoms with Gasteiger partial charge in [0.05, 0.1) is 12.8 Å².